The third-order valence-corrected chi connectivity index (χ3v) is 5.41. The van der Waals surface area contributed by atoms with Gasteiger partial charge in [0.2, 0.25) is 0 Å². The Hall–Kier alpha value is -2.90. The Kier molecular flexibility index (Phi) is 6.85. The maximum absolute atomic E-state index is 12.8. The molecule has 0 saturated heterocycles. The highest BCUT2D eigenvalue weighted by Crippen LogP contribution is 2.40. The summed E-state index contributed by atoms with van der Waals surface area (Å²) in [6.07, 6.45) is 0. The zero-order valence-corrected chi connectivity index (χ0v) is 18.1. The van der Waals surface area contributed by atoms with Crippen LogP contribution in [0, 0.1) is 6.92 Å². The van der Waals surface area contributed by atoms with Crippen LogP contribution in [0.5, 0.6) is 5.75 Å². The van der Waals surface area contributed by atoms with Crippen LogP contribution >= 0.6 is 23.6 Å². The Bertz CT molecular complexity index is 1020. The number of methoxy groups -OCH3 is 1. The predicted octanol–water partition coefficient (Wildman–Crippen LogP) is 5.72. The minimum Gasteiger partial charge on any atom is -0.497 e. The average Bonchev–Trinajstić information content (AvgIpc) is 3.04. The summed E-state index contributed by atoms with van der Waals surface area (Å²) >= 11 is 6.94. The van der Waals surface area contributed by atoms with Gasteiger partial charge < -0.3 is 20.1 Å². The fraction of sp³-hybridized carbons (Fsp3) is 0.182. The molecule has 1 heterocycles. The van der Waals surface area contributed by atoms with Gasteiger partial charge in [0.15, 0.2) is 5.11 Å². The van der Waals surface area contributed by atoms with E-state index < -0.39 is 0 Å². The van der Waals surface area contributed by atoms with Gasteiger partial charge in [-0.25, -0.2) is 4.79 Å². The normalized spacial score (nSPS) is 10.3. The lowest BCUT2D eigenvalue weighted by Crippen LogP contribution is -2.20. The smallest absolute Gasteiger partial charge is 0.341 e. The lowest BCUT2D eigenvalue weighted by atomic mass is 10.0. The number of hydrogen-bond acceptors (Lipinski definition) is 5. The SMILES string of the molecule is CCOC(=O)c1c(NC(=S)Nc2cccc(OC)c2)sc(C)c1-c1ccccc1. The fourth-order valence-electron chi connectivity index (χ4n) is 2.95. The summed E-state index contributed by atoms with van der Waals surface area (Å²) < 4.78 is 10.6. The van der Waals surface area contributed by atoms with Crippen molar-refractivity contribution >= 4 is 45.3 Å². The monoisotopic (exact) mass is 426 g/mol. The Morgan fingerprint density at radius 1 is 1.10 bits per heavy atom. The van der Waals surface area contributed by atoms with E-state index in [0.29, 0.717) is 22.3 Å². The molecule has 0 saturated carbocycles. The highest BCUT2D eigenvalue weighted by atomic mass is 32.1. The minimum absolute atomic E-state index is 0.300. The van der Waals surface area contributed by atoms with Gasteiger partial charge >= 0.3 is 5.97 Å². The maximum atomic E-state index is 12.8. The number of anilines is 2. The van der Waals surface area contributed by atoms with E-state index in [-0.39, 0.29) is 5.97 Å². The van der Waals surface area contributed by atoms with Crippen molar-refractivity contribution in [2.24, 2.45) is 0 Å². The predicted molar refractivity (Wildman–Crippen MR) is 123 cm³/mol. The summed E-state index contributed by atoms with van der Waals surface area (Å²) in [6.45, 7) is 4.08. The number of carbonyl (C=O) groups is 1. The summed E-state index contributed by atoms with van der Waals surface area (Å²) in [5.41, 5.74) is 3.11. The second kappa shape index (κ2) is 9.54. The Morgan fingerprint density at radius 2 is 1.86 bits per heavy atom. The molecule has 29 heavy (non-hydrogen) atoms. The summed E-state index contributed by atoms with van der Waals surface area (Å²) in [6, 6.07) is 17.3. The van der Waals surface area contributed by atoms with Crippen LogP contribution in [-0.4, -0.2) is 24.8 Å². The van der Waals surface area contributed by atoms with Crippen molar-refractivity contribution in [3.63, 3.8) is 0 Å². The Morgan fingerprint density at radius 3 is 2.55 bits per heavy atom. The van der Waals surface area contributed by atoms with Gasteiger partial charge in [0, 0.05) is 22.2 Å². The highest BCUT2D eigenvalue weighted by molar-refractivity contribution is 7.80. The lowest BCUT2D eigenvalue weighted by molar-refractivity contribution is 0.0529. The summed E-state index contributed by atoms with van der Waals surface area (Å²) in [5.74, 6) is 0.353. The molecule has 0 amide bonds. The van der Waals surface area contributed by atoms with E-state index >= 15 is 0 Å². The van der Waals surface area contributed by atoms with Gasteiger partial charge in [-0.15, -0.1) is 11.3 Å². The van der Waals surface area contributed by atoms with E-state index in [4.69, 9.17) is 21.7 Å². The van der Waals surface area contributed by atoms with E-state index in [2.05, 4.69) is 10.6 Å². The zero-order valence-electron chi connectivity index (χ0n) is 16.4. The van der Waals surface area contributed by atoms with Crippen LogP contribution in [0.25, 0.3) is 11.1 Å². The standard InChI is InChI=1S/C22H22N2O3S2/c1-4-27-21(25)19-18(15-9-6-5-7-10-15)14(2)29-20(19)24-22(28)23-16-11-8-12-17(13-16)26-3/h5-13H,4H2,1-3H3,(H2,23,24,28). The first-order chi connectivity index (χ1) is 14.0. The van der Waals surface area contributed by atoms with E-state index in [0.717, 1.165) is 27.4 Å². The Balaban J connectivity index is 1.92. The molecule has 0 radical (unpaired) electrons. The molecule has 2 aromatic carbocycles. The Labute approximate surface area is 179 Å². The molecule has 1 aromatic heterocycles. The van der Waals surface area contributed by atoms with Gasteiger partial charge in [-0.1, -0.05) is 36.4 Å². The van der Waals surface area contributed by atoms with E-state index in [9.17, 15) is 4.79 Å². The van der Waals surface area contributed by atoms with Crippen molar-refractivity contribution in [3.8, 4) is 16.9 Å². The molecule has 2 N–H and O–H groups in total. The quantitative estimate of drug-likeness (QED) is 0.388. The van der Waals surface area contributed by atoms with Crippen molar-refractivity contribution in [2.75, 3.05) is 24.4 Å². The van der Waals surface area contributed by atoms with E-state index in [1.54, 1.807) is 14.0 Å². The van der Waals surface area contributed by atoms with Gasteiger partial charge in [-0.3, -0.25) is 0 Å². The molecule has 0 aliphatic rings. The van der Waals surface area contributed by atoms with Crippen LogP contribution in [0.15, 0.2) is 54.6 Å². The largest absolute Gasteiger partial charge is 0.497 e. The van der Waals surface area contributed by atoms with Crippen LogP contribution in [0.3, 0.4) is 0 Å². The maximum Gasteiger partial charge on any atom is 0.341 e. The van der Waals surface area contributed by atoms with Crippen molar-refractivity contribution in [1.29, 1.82) is 0 Å². The number of nitrogens with one attached hydrogen (secondary N) is 2. The first-order valence-electron chi connectivity index (χ1n) is 9.11. The molecule has 0 aliphatic heterocycles. The highest BCUT2D eigenvalue weighted by Gasteiger charge is 2.24. The molecule has 3 rings (SSSR count). The lowest BCUT2D eigenvalue weighted by Gasteiger charge is -2.12. The van der Waals surface area contributed by atoms with Gasteiger partial charge in [-0.05, 0) is 43.8 Å². The molecule has 7 heteroatoms. The topological polar surface area (TPSA) is 59.6 Å². The molecule has 3 aromatic rings. The van der Waals surface area contributed by atoms with Crippen LogP contribution < -0.4 is 15.4 Å². The second-order valence-electron chi connectivity index (χ2n) is 6.13. The first kappa shape index (κ1) is 20.8. The van der Waals surface area contributed by atoms with Gasteiger partial charge in [0.05, 0.1) is 13.7 Å². The molecular weight excluding hydrogens is 404 g/mol. The number of thiophene rings is 1. The number of esters is 1. The molecule has 0 spiro atoms. The van der Waals surface area contributed by atoms with Gasteiger partial charge in [-0.2, -0.15) is 0 Å². The van der Waals surface area contributed by atoms with Crippen LogP contribution in [0.2, 0.25) is 0 Å². The molecule has 0 atom stereocenters. The zero-order chi connectivity index (χ0) is 20.8. The summed E-state index contributed by atoms with van der Waals surface area (Å²) in [7, 11) is 1.61. The molecular formula is C22H22N2O3S2. The van der Waals surface area contributed by atoms with Crippen molar-refractivity contribution in [1.82, 2.24) is 0 Å². The number of hydrogen-bond donors (Lipinski definition) is 2. The van der Waals surface area contributed by atoms with Crippen LogP contribution in [-0.2, 0) is 4.74 Å². The number of aryl methyl sites for hydroxylation is 1. The minimum atomic E-state index is -0.373. The third-order valence-electron chi connectivity index (χ3n) is 4.18. The van der Waals surface area contributed by atoms with Gasteiger partial charge in [0.1, 0.15) is 16.3 Å². The van der Waals surface area contributed by atoms with Gasteiger partial charge in [0.25, 0.3) is 0 Å². The molecule has 0 unspecified atom stereocenters. The van der Waals surface area contributed by atoms with E-state index in [1.807, 2.05) is 61.5 Å². The van der Waals surface area contributed by atoms with Crippen LogP contribution in [0.1, 0.15) is 22.2 Å². The van der Waals surface area contributed by atoms with Crippen LogP contribution in [0.4, 0.5) is 10.7 Å². The second-order valence-corrected chi connectivity index (χ2v) is 7.77. The van der Waals surface area contributed by atoms with Crippen molar-refractivity contribution in [2.45, 2.75) is 13.8 Å². The summed E-state index contributed by atoms with van der Waals surface area (Å²) in [5, 5.41) is 7.32. The molecule has 150 valence electrons. The fourth-order valence-corrected chi connectivity index (χ4v) is 4.30. The molecule has 0 fully saturated rings. The van der Waals surface area contributed by atoms with Crippen molar-refractivity contribution in [3.05, 3.63) is 65.0 Å². The third kappa shape index (κ3) is 4.93. The number of carbonyl (C=O) groups excluding carboxylic acids is 1. The number of thiocarbonyl (C=S) groups is 1. The van der Waals surface area contributed by atoms with E-state index in [1.165, 1.54) is 11.3 Å². The number of rotatable bonds is 6. The molecule has 0 aliphatic carbocycles. The first-order valence-corrected chi connectivity index (χ1v) is 10.3. The van der Waals surface area contributed by atoms with Crippen molar-refractivity contribution < 1.29 is 14.3 Å². The molecule has 0 bridgehead atoms. The summed E-state index contributed by atoms with van der Waals surface area (Å²) in [4.78, 5) is 13.8. The molecule has 5 nitrogen and oxygen atoms in total. The number of ether oxygens (including phenoxy) is 2. The average molecular weight is 427 g/mol. The number of benzene rings is 2.